The van der Waals surface area contributed by atoms with E-state index in [1.165, 1.54) is 0 Å². The van der Waals surface area contributed by atoms with Gasteiger partial charge in [-0.3, -0.25) is 0 Å². The third-order valence-electron chi connectivity index (χ3n) is 2.53. The third-order valence-corrected chi connectivity index (χ3v) is 4.29. The van der Waals surface area contributed by atoms with Gasteiger partial charge < -0.3 is 4.42 Å². The van der Waals surface area contributed by atoms with E-state index in [0.717, 1.165) is 0 Å². The van der Waals surface area contributed by atoms with Crippen LogP contribution in [0.2, 0.25) is 5.22 Å². The highest BCUT2D eigenvalue weighted by Gasteiger charge is 2.33. The van der Waals surface area contributed by atoms with Crippen LogP contribution in [-0.4, -0.2) is 8.96 Å². The summed E-state index contributed by atoms with van der Waals surface area (Å²) in [6.45, 7) is 12.0. The van der Waals surface area contributed by atoms with Crippen LogP contribution in [0.3, 0.4) is 0 Å². The number of halogens is 1. The van der Waals surface area contributed by atoms with E-state index in [4.69, 9.17) is 16.0 Å². The molecule has 0 fully saturated rings. The minimum Gasteiger partial charge on any atom is -0.448 e. The summed E-state index contributed by atoms with van der Waals surface area (Å²) in [7, 11) is -1.16. The fraction of sp³-hybridized carbons (Fsp3) is 0.692. The van der Waals surface area contributed by atoms with Crippen LogP contribution in [0.15, 0.2) is 16.5 Å². The molecule has 1 aromatic heterocycles. The smallest absolute Gasteiger partial charge is 0.193 e. The Bertz CT molecular complexity index is 429. The van der Waals surface area contributed by atoms with Crippen molar-refractivity contribution in [2.24, 2.45) is 5.41 Å². The van der Waals surface area contributed by atoms with Gasteiger partial charge in [0.05, 0.1) is 21.8 Å². The largest absolute Gasteiger partial charge is 0.448 e. The van der Waals surface area contributed by atoms with Crippen molar-refractivity contribution in [3.8, 4) is 0 Å². The van der Waals surface area contributed by atoms with E-state index in [9.17, 15) is 4.21 Å². The van der Waals surface area contributed by atoms with Gasteiger partial charge in [-0.05, 0) is 49.9 Å². The molecule has 1 aromatic rings. The molecule has 2 unspecified atom stereocenters. The van der Waals surface area contributed by atoms with Gasteiger partial charge in [0.1, 0.15) is 5.76 Å². The van der Waals surface area contributed by atoms with Gasteiger partial charge in [0.2, 0.25) is 0 Å². The first-order valence-electron chi connectivity index (χ1n) is 5.95. The van der Waals surface area contributed by atoms with Crippen LogP contribution in [0.1, 0.15) is 53.3 Å². The molecule has 0 spiro atoms. The molecule has 0 saturated carbocycles. The van der Waals surface area contributed by atoms with Crippen LogP contribution in [0.25, 0.3) is 0 Å². The van der Waals surface area contributed by atoms with Gasteiger partial charge >= 0.3 is 0 Å². The summed E-state index contributed by atoms with van der Waals surface area (Å²) >= 11 is 5.81. The second-order valence-corrected chi connectivity index (χ2v) is 8.81. The van der Waals surface area contributed by atoms with Gasteiger partial charge in [-0.2, -0.15) is 0 Å². The molecule has 0 aliphatic heterocycles. The summed E-state index contributed by atoms with van der Waals surface area (Å²) < 4.78 is 20.5. The Morgan fingerprint density at radius 2 is 1.78 bits per heavy atom. The minimum absolute atomic E-state index is 0.123. The number of hydrogen-bond donors (Lipinski definition) is 1. The molecule has 5 heteroatoms. The first-order valence-corrected chi connectivity index (χ1v) is 7.48. The molecule has 0 amide bonds. The van der Waals surface area contributed by atoms with Crippen LogP contribution in [0.5, 0.6) is 0 Å². The molecule has 0 saturated heterocycles. The minimum atomic E-state index is -1.16. The molecule has 0 aliphatic carbocycles. The molecule has 0 aliphatic rings. The highest BCUT2D eigenvalue weighted by atomic mass is 35.5. The van der Waals surface area contributed by atoms with Crippen molar-refractivity contribution in [2.75, 3.05) is 0 Å². The van der Waals surface area contributed by atoms with Crippen molar-refractivity contribution in [3.05, 3.63) is 23.1 Å². The molecule has 3 nitrogen and oxygen atoms in total. The molecule has 0 bridgehead atoms. The summed E-state index contributed by atoms with van der Waals surface area (Å²) in [6, 6.07) is 3.38. The number of nitrogens with one attached hydrogen (secondary N) is 1. The van der Waals surface area contributed by atoms with Crippen LogP contribution < -0.4 is 4.72 Å². The van der Waals surface area contributed by atoms with E-state index in [2.05, 4.69) is 25.5 Å². The molecule has 1 rings (SSSR count). The Morgan fingerprint density at radius 1 is 1.22 bits per heavy atom. The Labute approximate surface area is 117 Å². The Hall–Kier alpha value is -0.320. The third kappa shape index (κ3) is 4.11. The van der Waals surface area contributed by atoms with Gasteiger partial charge in [0, 0.05) is 0 Å². The zero-order chi connectivity index (χ0) is 14.1. The molecular weight excluding hydrogens is 270 g/mol. The van der Waals surface area contributed by atoms with E-state index in [1.807, 2.05) is 26.8 Å². The highest BCUT2D eigenvalue weighted by Crippen LogP contribution is 2.35. The van der Waals surface area contributed by atoms with Crippen molar-refractivity contribution >= 4 is 22.6 Å². The normalized spacial score (nSPS) is 16.6. The summed E-state index contributed by atoms with van der Waals surface area (Å²) in [5, 5.41) is 0.350. The molecule has 0 aromatic carbocycles. The van der Waals surface area contributed by atoms with E-state index in [-0.39, 0.29) is 16.2 Å². The Morgan fingerprint density at radius 3 is 2.11 bits per heavy atom. The monoisotopic (exact) mass is 291 g/mol. The number of furan rings is 1. The number of rotatable bonds is 3. The van der Waals surface area contributed by atoms with Crippen LogP contribution in [0.4, 0.5) is 0 Å². The predicted octanol–water partition coefficient (Wildman–Crippen LogP) is 4.07. The second kappa shape index (κ2) is 5.35. The van der Waals surface area contributed by atoms with E-state index >= 15 is 0 Å². The van der Waals surface area contributed by atoms with E-state index in [0.29, 0.717) is 11.0 Å². The summed E-state index contributed by atoms with van der Waals surface area (Å²) in [5.41, 5.74) is -0.123. The lowest BCUT2D eigenvalue weighted by atomic mass is 9.86. The SMILES string of the molecule is CC(C)(C)C(NS(=O)C(C)(C)C)c1ccc(Cl)o1. The predicted molar refractivity (Wildman–Crippen MR) is 76.9 cm³/mol. The first-order chi connectivity index (χ1) is 8.01. The molecule has 2 atom stereocenters. The molecular formula is C13H22ClNO2S. The lowest BCUT2D eigenvalue weighted by Crippen LogP contribution is -2.40. The van der Waals surface area contributed by atoms with Crippen LogP contribution in [0, 0.1) is 5.41 Å². The summed E-state index contributed by atoms with van der Waals surface area (Å²) in [5.74, 6) is 0.713. The molecule has 18 heavy (non-hydrogen) atoms. The Kier molecular flexibility index (Phi) is 4.68. The maximum atomic E-state index is 12.2. The fourth-order valence-electron chi connectivity index (χ4n) is 1.43. The van der Waals surface area contributed by atoms with Crippen molar-refractivity contribution in [2.45, 2.75) is 52.3 Å². The quantitative estimate of drug-likeness (QED) is 0.912. The van der Waals surface area contributed by atoms with Crippen LogP contribution >= 0.6 is 11.6 Å². The van der Waals surface area contributed by atoms with Crippen LogP contribution in [-0.2, 0) is 11.0 Å². The van der Waals surface area contributed by atoms with Gasteiger partial charge in [0.15, 0.2) is 5.22 Å². The lowest BCUT2D eigenvalue weighted by Gasteiger charge is -2.32. The van der Waals surface area contributed by atoms with Crippen molar-refractivity contribution in [3.63, 3.8) is 0 Å². The maximum Gasteiger partial charge on any atom is 0.193 e. The first kappa shape index (κ1) is 15.7. The van der Waals surface area contributed by atoms with Gasteiger partial charge in [-0.1, -0.05) is 20.8 Å². The number of hydrogen-bond acceptors (Lipinski definition) is 2. The lowest BCUT2D eigenvalue weighted by molar-refractivity contribution is 0.267. The van der Waals surface area contributed by atoms with E-state index < -0.39 is 11.0 Å². The van der Waals surface area contributed by atoms with Gasteiger partial charge in [-0.15, -0.1) is 0 Å². The molecule has 104 valence electrons. The second-order valence-electron chi connectivity index (χ2n) is 6.44. The molecule has 0 radical (unpaired) electrons. The van der Waals surface area contributed by atoms with Gasteiger partial charge in [0.25, 0.3) is 0 Å². The average Bonchev–Trinajstić information content (AvgIpc) is 2.57. The Balaban J connectivity index is 2.98. The van der Waals surface area contributed by atoms with E-state index in [1.54, 1.807) is 6.07 Å². The molecule has 1 N–H and O–H groups in total. The summed E-state index contributed by atoms with van der Waals surface area (Å²) in [4.78, 5) is 0. The standard InChI is InChI=1S/C13H22ClNO2S/c1-12(2,3)11(9-7-8-10(14)17-9)15-18(16)13(4,5)6/h7-8,11,15H,1-6H3. The average molecular weight is 292 g/mol. The maximum absolute atomic E-state index is 12.2. The summed E-state index contributed by atoms with van der Waals surface area (Å²) in [6.07, 6.45) is 0. The molecule has 1 heterocycles. The fourth-order valence-corrected chi connectivity index (χ4v) is 2.62. The zero-order valence-corrected chi connectivity index (χ0v) is 13.4. The van der Waals surface area contributed by atoms with Crippen molar-refractivity contribution in [1.29, 1.82) is 0 Å². The topological polar surface area (TPSA) is 42.2 Å². The zero-order valence-electron chi connectivity index (χ0n) is 11.8. The highest BCUT2D eigenvalue weighted by molar-refractivity contribution is 7.84. The van der Waals surface area contributed by atoms with Crippen molar-refractivity contribution in [1.82, 2.24) is 4.72 Å². The van der Waals surface area contributed by atoms with Crippen molar-refractivity contribution < 1.29 is 8.63 Å². The van der Waals surface area contributed by atoms with Gasteiger partial charge in [-0.25, -0.2) is 8.93 Å².